The normalized spacial score (nSPS) is 9.33. The summed E-state index contributed by atoms with van der Waals surface area (Å²) in [6.45, 7) is 3.38. The number of anilines is 1. The first-order valence-electron chi connectivity index (χ1n) is 5.28. The van der Waals surface area contributed by atoms with Crippen molar-refractivity contribution in [1.82, 2.24) is 4.98 Å². The number of rotatable bonds is 4. The number of carbonyl (C=O) groups is 1. The van der Waals surface area contributed by atoms with E-state index in [1.54, 1.807) is 19.9 Å². The second-order valence-corrected chi connectivity index (χ2v) is 3.81. The van der Waals surface area contributed by atoms with Crippen LogP contribution in [0.4, 0.5) is 5.69 Å². The summed E-state index contributed by atoms with van der Waals surface area (Å²) in [5, 5.41) is 18.0. The van der Waals surface area contributed by atoms with Crippen LogP contribution in [0.5, 0.6) is 0 Å². The van der Waals surface area contributed by atoms with Crippen molar-refractivity contribution < 1.29 is 9.90 Å². The SMILES string of the molecule is C#CCN(CC(=O)O)c1cc(C)nc(C)c1C#N. The lowest BCUT2D eigenvalue weighted by molar-refractivity contribution is -0.135. The van der Waals surface area contributed by atoms with Gasteiger partial charge in [0.05, 0.1) is 23.5 Å². The van der Waals surface area contributed by atoms with Crippen molar-refractivity contribution in [1.29, 1.82) is 5.26 Å². The average molecular weight is 243 g/mol. The molecule has 0 saturated heterocycles. The van der Waals surface area contributed by atoms with Crippen LogP contribution in [0.1, 0.15) is 17.0 Å². The molecule has 0 unspecified atom stereocenters. The van der Waals surface area contributed by atoms with Crippen LogP contribution in [-0.4, -0.2) is 29.1 Å². The van der Waals surface area contributed by atoms with E-state index in [2.05, 4.69) is 10.9 Å². The molecule has 5 nitrogen and oxygen atoms in total. The predicted octanol–water partition coefficient (Wildman–Crippen LogP) is 1.09. The predicted molar refractivity (Wildman–Crippen MR) is 67.1 cm³/mol. The molecular formula is C13H13N3O2. The maximum absolute atomic E-state index is 10.8. The quantitative estimate of drug-likeness (QED) is 0.801. The maximum Gasteiger partial charge on any atom is 0.323 e. The molecule has 92 valence electrons. The Bertz CT molecular complexity index is 553. The minimum Gasteiger partial charge on any atom is -0.480 e. The van der Waals surface area contributed by atoms with Gasteiger partial charge in [0.1, 0.15) is 12.6 Å². The van der Waals surface area contributed by atoms with Crippen LogP contribution in [0, 0.1) is 37.5 Å². The van der Waals surface area contributed by atoms with Crippen LogP contribution in [-0.2, 0) is 4.79 Å². The van der Waals surface area contributed by atoms with Crippen LogP contribution >= 0.6 is 0 Å². The lowest BCUT2D eigenvalue weighted by Gasteiger charge is -2.22. The number of pyridine rings is 1. The molecule has 1 aromatic heterocycles. The second-order valence-electron chi connectivity index (χ2n) is 3.81. The first-order valence-corrected chi connectivity index (χ1v) is 5.28. The highest BCUT2D eigenvalue weighted by Gasteiger charge is 2.16. The van der Waals surface area contributed by atoms with Gasteiger partial charge in [-0.05, 0) is 19.9 Å². The molecule has 1 aromatic rings. The summed E-state index contributed by atoms with van der Waals surface area (Å²) >= 11 is 0. The molecule has 0 aromatic carbocycles. The third-order valence-corrected chi connectivity index (χ3v) is 2.37. The van der Waals surface area contributed by atoms with E-state index in [-0.39, 0.29) is 13.1 Å². The van der Waals surface area contributed by atoms with Gasteiger partial charge in [0.15, 0.2) is 0 Å². The largest absolute Gasteiger partial charge is 0.480 e. The third kappa shape index (κ3) is 2.99. The van der Waals surface area contributed by atoms with E-state index in [0.29, 0.717) is 22.6 Å². The molecule has 0 radical (unpaired) electrons. The molecule has 1 N–H and O–H groups in total. The molecular weight excluding hydrogens is 230 g/mol. The van der Waals surface area contributed by atoms with Gasteiger partial charge in [-0.25, -0.2) is 0 Å². The summed E-state index contributed by atoms with van der Waals surface area (Å²) in [6.07, 6.45) is 5.23. The van der Waals surface area contributed by atoms with Crippen LogP contribution in [0.2, 0.25) is 0 Å². The fourth-order valence-electron chi connectivity index (χ4n) is 1.70. The highest BCUT2D eigenvalue weighted by molar-refractivity contribution is 5.75. The summed E-state index contributed by atoms with van der Waals surface area (Å²) in [5.41, 5.74) is 2.16. The van der Waals surface area contributed by atoms with Crippen molar-refractivity contribution in [3.8, 4) is 18.4 Å². The van der Waals surface area contributed by atoms with E-state index < -0.39 is 5.97 Å². The molecule has 0 amide bonds. The first kappa shape index (κ1) is 13.5. The van der Waals surface area contributed by atoms with Gasteiger partial charge in [0.25, 0.3) is 0 Å². The number of aryl methyl sites for hydroxylation is 2. The standard InChI is InChI=1S/C13H13N3O2/c1-4-5-16(8-13(17)18)12-6-9(2)15-10(3)11(12)7-14/h1,6H,5,8H2,2-3H3,(H,17,18). The van der Waals surface area contributed by atoms with E-state index in [1.165, 1.54) is 4.90 Å². The van der Waals surface area contributed by atoms with Gasteiger partial charge in [-0.2, -0.15) is 5.26 Å². The average Bonchev–Trinajstić information content (AvgIpc) is 2.27. The van der Waals surface area contributed by atoms with Crippen molar-refractivity contribution in [2.45, 2.75) is 13.8 Å². The molecule has 0 bridgehead atoms. The number of carboxylic acids is 1. The lowest BCUT2D eigenvalue weighted by atomic mass is 10.1. The Morgan fingerprint density at radius 3 is 2.78 bits per heavy atom. The summed E-state index contributed by atoms with van der Waals surface area (Å²) in [6, 6.07) is 3.71. The summed E-state index contributed by atoms with van der Waals surface area (Å²) in [7, 11) is 0. The Morgan fingerprint density at radius 2 is 2.28 bits per heavy atom. The van der Waals surface area contributed by atoms with Crippen LogP contribution < -0.4 is 4.90 Å². The zero-order valence-corrected chi connectivity index (χ0v) is 10.3. The first-order chi connectivity index (χ1) is 8.49. The van der Waals surface area contributed by atoms with Crippen molar-refractivity contribution in [3.63, 3.8) is 0 Å². The molecule has 18 heavy (non-hydrogen) atoms. The Balaban J connectivity index is 3.31. The zero-order valence-electron chi connectivity index (χ0n) is 10.3. The van der Waals surface area contributed by atoms with E-state index in [0.717, 1.165) is 0 Å². The second kappa shape index (κ2) is 5.70. The Hall–Kier alpha value is -2.53. The van der Waals surface area contributed by atoms with Gasteiger partial charge >= 0.3 is 5.97 Å². The van der Waals surface area contributed by atoms with Gasteiger partial charge < -0.3 is 10.0 Å². The van der Waals surface area contributed by atoms with Crippen LogP contribution in [0.3, 0.4) is 0 Å². The summed E-state index contributed by atoms with van der Waals surface area (Å²) in [4.78, 5) is 16.5. The summed E-state index contributed by atoms with van der Waals surface area (Å²) < 4.78 is 0. The monoisotopic (exact) mass is 243 g/mol. The van der Waals surface area contributed by atoms with Gasteiger partial charge in [-0.15, -0.1) is 6.42 Å². The lowest BCUT2D eigenvalue weighted by Crippen LogP contribution is -2.31. The van der Waals surface area contributed by atoms with Crippen molar-refractivity contribution in [2.24, 2.45) is 0 Å². The van der Waals surface area contributed by atoms with E-state index in [1.807, 2.05) is 6.07 Å². The number of nitrogens with zero attached hydrogens (tertiary/aromatic N) is 3. The van der Waals surface area contributed by atoms with Crippen molar-refractivity contribution in [3.05, 3.63) is 23.0 Å². The number of terminal acetylenes is 1. The summed E-state index contributed by atoms with van der Waals surface area (Å²) in [5.74, 6) is 1.40. The minimum absolute atomic E-state index is 0.129. The minimum atomic E-state index is -0.999. The van der Waals surface area contributed by atoms with Crippen LogP contribution in [0.15, 0.2) is 6.07 Å². The molecule has 1 rings (SSSR count). The van der Waals surface area contributed by atoms with Crippen LogP contribution in [0.25, 0.3) is 0 Å². The molecule has 1 heterocycles. The molecule has 0 saturated carbocycles. The number of carboxylic acid groups (broad SMARTS) is 1. The zero-order chi connectivity index (χ0) is 13.7. The molecule has 0 spiro atoms. The molecule has 5 heteroatoms. The molecule has 0 aliphatic rings. The number of aromatic nitrogens is 1. The molecule has 0 aliphatic heterocycles. The van der Waals surface area contributed by atoms with Crippen molar-refractivity contribution in [2.75, 3.05) is 18.0 Å². The number of aliphatic carboxylic acids is 1. The highest BCUT2D eigenvalue weighted by Crippen LogP contribution is 2.22. The fraction of sp³-hybridized carbons (Fsp3) is 0.308. The highest BCUT2D eigenvalue weighted by atomic mass is 16.4. The van der Waals surface area contributed by atoms with Gasteiger partial charge in [0.2, 0.25) is 0 Å². The van der Waals surface area contributed by atoms with Gasteiger partial charge in [0, 0.05) is 5.69 Å². The smallest absolute Gasteiger partial charge is 0.323 e. The third-order valence-electron chi connectivity index (χ3n) is 2.37. The van der Waals surface area contributed by atoms with Gasteiger partial charge in [-0.3, -0.25) is 9.78 Å². The number of hydrogen-bond acceptors (Lipinski definition) is 4. The Labute approximate surface area is 106 Å². The number of nitriles is 1. The van der Waals surface area contributed by atoms with Gasteiger partial charge in [-0.1, -0.05) is 5.92 Å². The van der Waals surface area contributed by atoms with E-state index in [4.69, 9.17) is 16.8 Å². The van der Waals surface area contributed by atoms with Crippen molar-refractivity contribution >= 4 is 11.7 Å². The fourth-order valence-corrected chi connectivity index (χ4v) is 1.70. The number of hydrogen-bond donors (Lipinski definition) is 1. The van der Waals surface area contributed by atoms with E-state index >= 15 is 0 Å². The topological polar surface area (TPSA) is 77.2 Å². The molecule has 0 atom stereocenters. The maximum atomic E-state index is 10.8. The van der Waals surface area contributed by atoms with E-state index in [9.17, 15) is 4.79 Å². The molecule has 0 aliphatic carbocycles. The Morgan fingerprint density at radius 1 is 1.61 bits per heavy atom. The Kier molecular flexibility index (Phi) is 4.28. The molecule has 0 fully saturated rings.